The molecule has 1 aromatic carbocycles. The number of aryl methyl sites for hydroxylation is 1. The number of nitrogens with one attached hydrogen (secondary N) is 1. The minimum absolute atomic E-state index is 0.0104. The van der Waals surface area contributed by atoms with Gasteiger partial charge in [-0.25, -0.2) is 4.39 Å². The summed E-state index contributed by atoms with van der Waals surface area (Å²) in [5, 5.41) is 2.98. The second-order valence-electron chi connectivity index (χ2n) is 5.32. The Morgan fingerprint density at radius 1 is 1.45 bits per heavy atom. The first kappa shape index (κ1) is 15.0. The van der Waals surface area contributed by atoms with Crippen LogP contribution >= 0.6 is 0 Å². The number of benzene rings is 1. The predicted octanol–water partition coefficient (Wildman–Crippen LogP) is 2.36. The summed E-state index contributed by atoms with van der Waals surface area (Å²) in [5.41, 5.74) is 0.610. The minimum atomic E-state index is -0.228. The molecule has 0 aromatic heterocycles. The Hall–Kier alpha value is -1.42. The van der Waals surface area contributed by atoms with Gasteiger partial charge in [0, 0.05) is 19.0 Å². The first-order chi connectivity index (χ1) is 9.70. The Kier molecular flexibility index (Phi) is 5.53. The van der Waals surface area contributed by atoms with Crippen molar-refractivity contribution in [2.75, 3.05) is 19.6 Å². The number of carbonyl (C=O) groups excluding carboxylic acids is 1. The summed E-state index contributed by atoms with van der Waals surface area (Å²) in [6.45, 7) is 5.03. The molecule has 1 aliphatic heterocycles. The van der Waals surface area contributed by atoms with E-state index in [-0.39, 0.29) is 11.7 Å². The number of nitrogens with zero attached hydrogens (tertiary/aromatic N) is 1. The molecule has 0 radical (unpaired) electrons. The maximum Gasteiger partial charge on any atom is 0.220 e. The number of halogens is 1. The van der Waals surface area contributed by atoms with Crippen LogP contribution in [0.25, 0.3) is 0 Å². The van der Waals surface area contributed by atoms with Gasteiger partial charge in [-0.15, -0.1) is 0 Å². The van der Waals surface area contributed by atoms with Crippen molar-refractivity contribution in [2.45, 2.75) is 38.6 Å². The Balaban J connectivity index is 1.72. The van der Waals surface area contributed by atoms with Crippen molar-refractivity contribution < 1.29 is 9.18 Å². The van der Waals surface area contributed by atoms with E-state index in [4.69, 9.17) is 0 Å². The highest BCUT2D eigenvalue weighted by Gasteiger charge is 2.22. The van der Waals surface area contributed by atoms with Crippen LogP contribution in [0.4, 0.5) is 4.39 Å². The molecule has 0 saturated carbocycles. The molecule has 0 bridgehead atoms. The van der Waals surface area contributed by atoms with Crippen LogP contribution in [0.1, 0.15) is 31.7 Å². The van der Waals surface area contributed by atoms with E-state index in [0.29, 0.717) is 31.0 Å². The minimum Gasteiger partial charge on any atom is -0.355 e. The van der Waals surface area contributed by atoms with Gasteiger partial charge in [0.25, 0.3) is 0 Å². The number of rotatable bonds is 6. The second kappa shape index (κ2) is 7.39. The molecule has 0 spiro atoms. The van der Waals surface area contributed by atoms with Crippen molar-refractivity contribution in [1.29, 1.82) is 0 Å². The highest BCUT2D eigenvalue weighted by Crippen LogP contribution is 2.15. The zero-order valence-corrected chi connectivity index (χ0v) is 12.1. The van der Waals surface area contributed by atoms with Gasteiger partial charge in [0.05, 0.1) is 0 Å². The summed E-state index contributed by atoms with van der Waals surface area (Å²) in [4.78, 5) is 14.2. The van der Waals surface area contributed by atoms with Crippen LogP contribution < -0.4 is 5.32 Å². The summed E-state index contributed by atoms with van der Waals surface area (Å²) in [6, 6.07) is 7.10. The molecule has 1 amide bonds. The molecule has 110 valence electrons. The average Bonchev–Trinajstić information content (AvgIpc) is 2.91. The van der Waals surface area contributed by atoms with Crippen LogP contribution in [-0.2, 0) is 11.2 Å². The number of hydrogen-bond donors (Lipinski definition) is 1. The fourth-order valence-electron chi connectivity index (χ4n) is 2.81. The standard InChI is InChI=1S/C16H23FN2O/c1-2-19-11-5-7-14(19)12-18-16(20)10-9-13-6-3-4-8-15(13)17/h3-4,6,8,14H,2,5,7,9-12H2,1H3,(H,18,20)/t14-/m0/s1. The average molecular weight is 278 g/mol. The van der Waals surface area contributed by atoms with Crippen molar-refractivity contribution in [3.05, 3.63) is 35.6 Å². The molecule has 0 aliphatic carbocycles. The van der Waals surface area contributed by atoms with E-state index >= 15 is 0 Å². The number of likely N-dealkylation sites (N-methyl/N-ethyl adjacent to an activating group) is 1. The van der Waals surface area contributed by atoms with Crippen LogP contribution in [0.15, 0.2) is 24.3 Å². The van der Waals surface area contributed by atoms with Crippen molar-refractivity contribution in [3.8, 4) is 0 Å². The third-order valence-corrected chi connectivity index (χ3v) is 4.02. The van der Waals surface area contributed by atoms with Crippen LogP contribution in [-0.4, -0.2) is 36.5 Å². The predicted molar refractivity (Wildman–Crippen MR) is 78.0 cm³/mol. The van der Waals surface area contributed by atoms with Crippen molar-refractivity contribution in [3.63, 3.8) is 0 Å². The molecule has 20 heavy (non-hydrogen) atoms. The van der Waals surface area contributed by atoms with Gasteiger partial charge in [0.1, 0.15) is 5.82 Å². The van der Waals surface area contributed by atoms with E-state index in [1.807, 2.05) is 0 Å². The van der Waals surface area contributed by atoms with Crippen LogP contribution in [0.3, 0.4) is 0 Å². The van der Waals surface area contributed by atoms with E-state index in [1.54, 1.807) is 18.2 Å². The summed E-state index contributed by atoms with van der Waals surface area (Å²) < 4.78 is 13.4. The van der Waals surface area contributed by atoms with E-state index in [0.717, 1.165) is 19.5 Å². The smallest absolute Gasteiger partial charge is 0.220 e. The van der Waals surface area contributed by atoms with E-state index in [1.165, 1.54) is 12.5 Å². The van der Waals surface area contributed by atoms with Crippen molar-refractivity contribution in [1.82, 2.24) is 10.2 Å². The maximum absolute atomic E-state index is 13.4. The Morgan fingerprint density at radius 2 is 2.25 bits per heavy atom. The number of carbonyl (C=O) groups is 1. The molecular weight excluding hydrogens is 255 g/mol. The van der Waals surface area contributed by atoms with Crippen LogP contribution in [0.5, 0.6) is 0 Å². The normalized spacial score (nSPS) is 19.2. The van der Waals surface area contributed by atoms with Gasteiger partial charge in [0.15, 0.2) is 0 Å². The summed E-state index contributed by atoms with van der Waals surface area (Å²) >= 11 is 0. The molecule has 4 heteroatoms. The van der Waals surface area contributed by atoms with Gasteiger partial charge in [-0.3, -0.25) is 9.69 Å². The molecule has 2 rings (SSSR count). The molecule has 0 unspecified atom stereocenters. The lowest BCUT2D eigenvalue weighted by Crippen LogP contribution is -2.40. The summed E-state index contributed by atoms with van der Waals surface area (Å²) in [7, 11) is 0. The SMILES string of the molecule is CCN1CCC[C@H]1CNC(=O)CCc1ccccc1F. The van der Waals surface area contributed by atoms with E-state index in [9.17, 15) is 9.18 Å². The quantitative estimate of drug-likeness (QED) is 0.866. The Bertz CT molecular complexity index is 450. The molecule has 1 N–H and O–H groups in total. The molecule has 1 aliphatic rings. The highest BCUT2D eigenvalue weighted by atomic mass is 19.1. The van der Waals surface area contributed by atoms with Gasteiger partial charge in [-0.05, 0) is 44.0 Å². The monoisotopic (exact) mass is 278 g/mol. The zero-order valence-electron chi connectivity index (χ0n) is 12.1. The molecule has 1 heterocycles. The topological polar surface area (TPSA) is 32.3 Å². The Morgan fingerprint density at radius 3 is 3.00 bits per heavy atom. The fraction of sp³-hybridized carbons (Fsp3) is 0.562. The van der Waals surface area contributed by atoms with Crippen molar-refractivity contribution in [2.24, 2.45) is 0 Å². The van der Waals surface area contributed by atoms with Crippen molar-refractivity contribution >= 4 is 5.91 Å². The molecule has 3 nitrogen and oxygen atoms in total. The maximum atomic E-state index is 13.4. The molecule has 1 aromatic rings. The third kappa shape index (κ3) is 4.04. The van der Waals surface area contributed by atoms with Crippen LogP contribution in [0.2, 0.25) is 0 Å². The van der Waals surface area contributed by atoms with Gasteiger partial charge in [0.2, 0.25) is 5.91 Å². The highest BCUT2D eigenvalue weighted by molar-refractivity contribution is 5.76. The number of amides is 1. The lowest BCUT2D eigenvalue weighted by Gasteiger charge is -2.22. The summed E-state index contributed by atoms with van der Waals surface area (Å²) in [5.74, 6) is -0.218. The lowest BCUT2D eigenvalue weighted by molar-refractivity contribution is -0.121. The number of likely N-dealkylation sites (tertiary alicyclic amines) is 1. The third-order valence-electron chi connectivity index (χ3n) is 4.02. The Labute approximate surface area is 120 Å². The van der Waals surface area contributed by atoms with Gasteiger partial charge in [-0.1, -0.05) is 25.1 Å². The fourth-order valence-corrected chi connectivity index (χ4v) is 2.81. The molecule has 1 saturated heterocycles. The largest absolute Gasteiger partial charge is 0.355 e. The van der Waals surface area contributed by atoms with Gasteiger partial charge in [-0.2, -0.15) is 0 Å². The molecule has 1 fully saturated rings. The second-order valence-corrected chi connectivity index (χ2v) is 5.32. The zero-order chi connectivity index (χ0) is 14.4. The van der Waals surface area contributed by atoms with Crippen LogP contribution in [0, 0.1) is 5.82 Å². The van der Waals surface area contributed by atoms with Gasteiger partial charge >= 0.3 is 0 Å². The number of hydrogen-bond acceptors (Lipinski definition) is 2. The van der Waals surface area contributed by atoms with E-state index < -0.39 is 0 Å². The van der Waals surface area contributed by atoms with E-state index in [2.05, 4.69) is 17.1 Å². The molecule has 1 atom stereocenters. The molecular formula is C16H23FN2O. The van der Waals surface area contributed by atoms with Gasteiger partial charge < -0.3 is 5.32 Å². The lowest BCUT2D eigenvalue weighted by atomic mass is 10.1. The first-order valence-corrected chi connectivity index (χ1v) is 7.45. The summed E-state index contributed by atoms with van der Waals surface area (Å²) in [6.07, 6.45) is 3.17. The first-order valence-electron chi connectivity index (χ1n) is 7.45.